The molecular weight excluding hydrogens is 326 g/mol. The Morgan fingerprint density at radius 3 is 2.88 bits per heavy atom. The summed E-state index contributed by atoms with van der Waals surface area (Å²) in [6, 6.07) is 4.61. The fourth-order valence-corrected chi connectivity index (χ4v) is 2.91. The van der Waals surface area contributed by atoms with Crippen LogP contribution in [0.5, 0.6) is 5.75 Å². The molecule has 0 radical (unpaired) electrons. The lowest BCUT2D eigenvalue weighted by Crippen LogP contribution is -2.53. The number of aliphatic carboxylic acids is 1. The molecule has 0 aromatic heterocycles. The molecule has 1 aromatic carbocycles. The number of carbonyl (C=O) groups is 1. The van der Waals surface area contributed by atoms with Crippen molar-refractivity contribution in [3.05, 3.63) is 40.5 Å². The summed E-state index contributed by atoms with van der Waals surface area (Å²) >= 11 is 0. The molecule has 1 aliphatic rings. The number of carboxylic acid groups (broad SMARTS) is 1. The Balaban J connectivity index is 1.84. The van der Waals surface area contributed by atoms with Crippen molar-refractivity contribution in [1.29, 1.82) is 0 Å². The average molecular weight is 349 g/mol. The number of benzene rings is 1. The highest BCUT2D eigenvalue weighted by molar-refractivity contribution is 5.69. The summed E-state index contributed by atoms with van der Waals surface area (Å²) < 4.78 is 5.75. The highest BCUT2D eigenvalue weighted by Crippen LogP contribution is 2.25. The van der Waals surface area contributed by atoms with E-state index in [-0.39, 0.29) is 18.3 Å². The largest absolute Gasteiger partial charge is 0.492 e. The van der Waals surface area contributed by atoms with Gasteiger partial charge in [0.15, 0.2) is 0 Å². The number of nitrogens with zero attached hydrogens (tertiary/aromatic N) is 3. The molecule has 0 saturated carbocycles. The first kappa shape index (κ1) is 18.9. The van der Waals surface area contributed by atoms with Gasteiger partial charge in [-0.15, -0.1) is 0 Å². The zero-order valence-corrected chi connectivity index (χ0v) is 14.3. The number of non-ortho nitro benzene ring substituents is 1. The van der Waals surface area contributed by atoms with E-state index in [0.29, 0.717) is 31.0 Å². The lowest BCUT2D eigenvalue weighted by atomic mass is 10.2. The molecule has 1 heterocycles. The van der Waals surface area contributed by atoms with Gasteiger partial charge in [-0.25, -0.2) is 0 Å². The quantitative estimate of drug-likeness (QED) is 0.564. The van der Waals surface area contributed by atoms with Crippen molar-refractivity contribution in [2.45, 2.75) is 13.0 Å². The second-order valence-corrected chi connectivity index (χ2v) is 6.05. The first-order valence-electron chi connectivity index (χ1n) is 8.12. The SMILES string of the molecule is C=Cc1cc([N+](=O)[O-])ccc1OCCN1CCN(CC(=O)O)C(C)C1. The van der Waals surface area contributed by atoms with E-state index in [9.17, 15) is 14.9 Å². The minimum atomic E-state index is -0.807. The molecule has 25 heavy (non-hydrogen) atoms. The summed E-state index contributed by atoms with van der Waals surface area (Å²) in [4.78, 5) is 25.4. The Kier molecular flexibility index (Phi) is 6.49. The van der Waals surface area contributed by atoms with Crippen LogP contribution in [0, 0.1) is 10.1 Å². The predicted molar refractivity (Wildman–Crippen MR) is 93.8 cm³/mol. The number of nitro groups is 1. The maximum Gasteiger partial charge on any atom is 0.317 e. The van der Waals surface area contributed by atoms with Crippen LogP contribution in [0.3, 0.4) is 0 Å². The van der Waals surface area contributed by atoms with Gasteiger partial charge in [-0.05, 0) is 13.0 Å². The Morgan fingerprint density at radius 2 is 2.28 bits per heavy atom. The molecule has 1 atom stereocenters. The fraction of sp³-hybridized carbons (Fsp3) is 0.471. The van der Waals surface area contributed by atoms with Gasteiger partial charge in [0.05, 0.1) is 11.5 Å². The Morgan fingerprint density at radius 1 is 1.52 bits per heavy atom. The molecule has 1 unspecified atom stereocenters. The van der Waals surface area contributed by atoms with Gasteiger partial charge in [-0.2, -0.15) is 0 Å². The molecular formula is C17H23N3O5. The zero-order chi connectivity index (χ0) is 18.4. The Bertz CT molecular complexity index is 649. The first-order valence-corrected chi connectivity index (χ1v) is 8.12. The monoisotopic (exact) mass is 349 g/mol. The molecule has 1 saturated heterocycles. The van der Waals surface area contributed by atoms with Crippen LogP contribution < -0.4 is 4.74 Å². The summed E-state index contributed by atoms with van der Waals surface area (Å²) in [7, 11) is 0. The number of carboxylic acids is 1. The molecule has 0 aliphatic carbocycles. The lowest BCUT2D eigenvalue weighted by molar-refractivity contribution is -0.384. The average Bonchev–Trinajstić information content (AvgIpc) is 2.57. The number of rotatable bonds is 8. The van der Waals surface area contributed by atoms with Gasteiger partial charge in [-0.1, -0.05) is 12.7 Å². The lowest BCUT2D eigenvalue weighted by Gasteiger charge is -2.38. The van der Waals surface area contributed by atoms with Gasteiger partial charge in [0.25, 0.3) is 5.69 Å². The molecule has 1 aromatic rings. The van der Waals surface area contributed by atoms with Gasteiger partial charge in [0.1, 0.15) is 12.4 Å². The topological polar surface area (TPSA) is 96.2 Å². The minimum absolute atomic E-state index is 0.00521. The number of hydrogen-bond acceptors (Lipinski definition) is 6. The third-order valence-electron chi connectivity index (χ3n) is 4.28. The smallest absolute Gasteiger partial charge is 0.317 e. The zero-order valence-electron chi connectivity index (χ0n) is 14.3. The molecule has 2 rings (SSSR count). The van der Waals surface area contributed by atoms with Crippen LogP contribution in [-0.2, 0) is 4.79 Å². The third kappa shape index (κ3) is 5.27. The molecule has 1 fully saturated rings. The second kappa shape index (κ2) is 8.59. The highest BCUT2D eigenvalue weighted by Gasteiger charge is 2.24. The predicted octanol–water partition coefficient (Wildman–Crippen LogP) is 1.71. The number of piperazine rings is 1. The Labute approximate surface area is 146 Å². The summed E-state index contributed by atoms with van der Waals surface area (Å²) in [6.45, 7) is 9.19. The van der Waals surface area contributed by atoms with Crippen LogP contribution in [-0.4, -0.2) is 71.2 Å². The van der Waals surface area contributed by atoms with Crippen LogP contribution >= 0.6 is 0 Å². The van der Waals surface area contributed by atoms with E-state index < -0.39 is 10.9 Å². The van der Waals surface area contributed by atoms with Crippen molar-refractivity contribution >= 4 is 17.7 Å². The van der Waals surface area contributed by atoms with Crippen LogP contribution in [0.2, 0.25) is 0 Å². The summed E-state index contributed by atoms with van der Waals surface area (Å²) in [5.74, 6) is -0.239. The van der Waals surface area contributed by atoms with E-state index in [1.54, 1.807) is 6.07 Å². The maximum atomic E-state index is 10.8. The van der Waals surface area contributed by atoms with E-state index in [2.05, 4.69) is 11.5 Å². The second-order valence-electron chi connectivity index (χ2n) is 6.05. The molecule has 8 nitrogen and oxygen atoms in total. The van der Waals surface area contributed by atoms with Crippen molar-refractivity contribution < 1.29 is 19.6 Å². The summed E-state index contributed by atoms with van der Waals surface area (Å²) in [6.07, 6.45) is 1.54. The van der Waals surface area contributed by atoms with Crippen LogP contribution in [0.25, 0.3) is 6.08 Å². The normalized spacial score (nSPS) is 18.7. The number of hydrogen-bond donors (Lipinski definition) is 1. The third-order valence-corrected chi connectivity index (χ3v) is 4.28. The molecule has 1 aliphatic heterocycles. The van der Waals surface area contributed by atoms with E-state index in [1.807, 2.05) is 11.8 Å². The van der Waals surface area contributed by atoms with E-state index >= 15 is 0 Å². The van der Waals surface area contributed by atoms with E-state index in [1.165, 1.54) is 18.2 Å². The molecule has 136 valence electrons. The Hall–Kier alpha value is -2.45. The van der Waals surface area contributed by atoms with E-state index in [4.69, 9.17) is 9.84 Å². The summed E-state index contributed by atoms with van der Waals surface area (Å²) in [5.41, 5.74) is 0.597. The van der Waals surface area contributed by atoms with Gasteiger partial charge in [0.2, 0.25) is 0 Å². The first-order chi connectivity index (χ1) is 11.9. The standard InChI is InChI=1S/C17H23N3O5/c1-3-14-10-15(20(23)24)4-5-16(14)25-9-8-18-6-7-19(12-17(21)22)13(2)11-18/h3-5,10,13H,1,6-9,11-12H2,2H3,(H,21,22). The van der Waals surface area contributed by atoms with Crippen molar-refractivity contribution in [2.75, 3.05) is 39.3 Å². The maximum absolute atomic E-state index is 10.8. The number of nitro benzene ring substituents is 1. The van der Waals surface area contributed by atoms with Gasteiger partial charge in [-0.3, -0.25) is 24.7 Å². The molecule has 0 amide bonds. The van der Waals surface area contributed by atoms with Crippen molar-refractivity contribution in [3.8, 4) is 5.75 Å². The molecule has 0 spiro atoms. The van der Waals surface area contributed by atoms with Crippen LogP contribution in [0.4, 0.5) is 5.69 Å². The summed E-state index contributed by atoms with van der Waals surface area (Å²) in [5, 5.41) is 19.7. The molecule has 8 heteroatoms. The highest BCUT2D eigenvalue weighted by atomic mass is 16.6. The molecule has 0 bridgehead atoms. The van der Waals surface area contributed by atoms with Crippen LogP contribution in [0.1, 0.15) is 12.5 Å². The van der Waals surface area contributed by atoms with Crippen LogP contribution in [0.15, 0.2) is 24.8 Å². The molecule has 1 N–H and O–H groups in total. The van der Waals surface area contributed by atoms with Gasteiger partial charge >= 0.3 is 5.97 Å². The van der Waals surface area contributed by atoms with Crippen molar-refractivity contribution in [3.63, 3.8) is 0 Å². The van der Waals surface area contributed by atoms with Crippen molar-refractivity contribution in [1.82, 2.24) is 9.80 Å². The minimum Gasteiger partial charge on any atom is -0.492 e. The van der Waals surface area contributed by atoms with E-state index in [0.717, 1.165) is 13.1 Å². The van der Waals surface area contributed by atoms with Crippen molar-refractivity contribution in [2.24, 2.45) is 0 Å². The van der Waals surface area contributed by atoms with Gasteiger partial charge in [0, 0.05) is 49.9 Å². The van der Waals surface area contributed by atoms with Gasteiger partial charge < -0.3 is 9.84 Å². The fourth-order valence-electron chi connectivity index (χ4n) is 2.91. The number of ether oxygens (including phenoxy) is 1.